The second-order valence-electron chi connectivity index (χ2n) is 5.11. The summed E-state index contributed by atoms with van der Waals surface area (Å²) in [5.74, 6) is 0. The molecule has 0 saturated carbocycles. The molecule has 0 unspecified atom stereocenters. The fraction of sp³-hybridized carbons (Fsp3) is 0. The number of aromatic nitrogens is 1. The third-order valence-corrected chi connectivity index (χ3v) is 3.83. The van der Waals surface area contributed by atoms with E-state index < -0.39 is 0 Å². The molecule has 0 bridgehead atoms. The van der Waals surface area contributed by atoms with Gasteiger partial charge in [0.1, 0.15) is 0 Å². The summed E-state index contributed by atoms with van der Waals surface area (Å²) >= 11 is 0. The van der Waals surface area contributed by atoms with Crippen molar-refractivity contribution < 1.29 is 0 Å². The third-order valence-electron chi connectivity index (χ3n) is 3.83. The lowest BCUT2D eigenvalue weighted by Gasteiger charge is -2.11. The summed E-state index contributed by atoms with van der Waals surface area (Å²) in [6.45, 7) is 0. The molecule has 0 aliphatic carbocycles. The lowest BCUT2D eigenvalue weighted by molar-refractivity contribution is 1.49. The molecule has 0 aliphatic heterocycles. The monoisotopic (exact) mass is 270 g/mol. The molecule has 3 aromatic carbocycles. The van der Waals surface area contributed by atoms with Crippen LogP contribution in [0.5, 0.6) is 0 Å². The van der Waals surface area contributed by atoms with Crippen molar-refractivity contribution in [2.24, 2.45) is 0 Å². The first kappa shape index (κ1) is 11.9. The molecule has 4 aromatic rings. The van der Waals surface area contributed by atoms with Gasteiger partial charge in [-0.25, -0.2) is 4.98 Å². The number of para-hydroxylation sites is 1. The maximum atomic E-state index is 6.45. The average Bonchev–Trinajstić information content (AvgIpc) is 2.55. The van der Waals surface area contributed by atoms with Crippen molar-refractivity contribution in [3.8, 4) is 11.1 Å². The van der Waals surface area contributed by atoms with Crippen molar-refractivity contribution in [2.45, 2.75) is 0 Å². The van der Waals surface area contributed by atoms with E-state index in [4.69, 9.17) is 10.7 Å². The minimum Gasteiger partial charge on any atom is -0.398 e. The van der Waals surface area contributed by atoms with E-state index >= 15 is 0 Å². The molecule has 0 saturated heterocycles. The van der Waals surface area contributed by atoms with Crippen molar-refractivity contribution >= 4 is 27.5 Å². The molecule has 0 fully saturated rings. The van der Waals surface area contributed by atoms with Gasteiger partial charge in [-0.05, 0) is 23.3 Å². The van der Waals surface area contributed by atoms with E-state index in [-0.39, 0.29) is 0 Å². The van der Waals surface area contributed by atoms with Gasteiger partial charge in [0.05, 0.1) is 16.7 Å². The molecule has 0 amide bonds. The number of hydrogen-bond donors (Lipinski definition) is 1. The summed E-state index contributed by atoms with van der Waals surface area (Å²) in [5, 5.41) is 2.04. The molecule has 1 aromatic heterocycles. The molecule has 0 radical (unpaired) electrons. The van der Waals surface area contributed by atoms with Crippen LogP contribution in [0.2, 0.25) is 0 Å². The normalized spacial score (nSPS) is 11.0. The molecule has 0 spiro atoms. The molecule has 21 heavy (non-hydrogen) atoms. The summed E-state index contributed by atoms with van der Waals surface area (Å²) in [6.07, 6.45) is 0. The topological polar surface area (TPSA) is 38.9 Å². The lowest BCUT2D eigenvalue weighted by Crippen LogP contribution is -1.94. The van der Waals surface area contributed by atoms with Crippen LogP contribution in [0.4, 0.5) is 5.69 Å². The highest BCUT2D eigenvalue weighted by molar-refractivity contribution is 6.12. The van der Waals surface area contributed by atoms with E-state index in [1.807, 2.05) is 54.6 Å². The number of pyridine rings is 1. The molecular weight excluding hydrogens is 256 g/mol. The van der Waals surface area contributed by atoms with Gasteiger partial charge in [-0.1, -0.05) is 60.7 Å². The molecule has 1 heterocycles. The summed E-state index contributed by atoms with van der Waals surface area (Å²) in [7, 11) is 0. The van der Waals surface area contributed by atoms with Crippen LogP contribution in [0.1, 0.15) is 0 Å². The summed E-state index contributed by atoms with van der Waals surface area (Å²) in [4.78, 5) is 4.74. The molecular formula is C19H14N2. The van der Waals surface area contributed by atoms with E-state index in [0.29, 0.717) is 0 Å². The van der Waals surface area contributed by atoms with Crippen molar-refractivity contribution in [3.63, 3.8) is 0 Å². The predicted molar refractivity (Wildman–Crippen MR) is 89.1 cm³/mol. The Bertz CT molecular complexity index is 943. The average molecular weight is 270 g/mol. The molecule has 2 heteroatoms. The van der Waals surface area contributed by atoms with Crippen molar-refractivity contribution in [2.75, 3.05) is 5.73 Å². The van der Waals surface area contributed by atoms with E-state index in [1.165, 1.54) is 0 Å². The van der Waals surface area contributed by atoms with E-state index in [1.54, 1.807) is 0 Å². The fourth-order valence-electron chi connectivity index (χ4n) is 2.84. The van der Waals surface area contributed by atoms with Crippen LogP contribution in [-0.4, -0.2) is 4.98 Å². The van der Waals surface area contributed by atoms with Gasteiger partial charge in [-0.2, -0.15) is 0 Å². The van der Waals surface area contributed by atoms with Crippen LogP contribution < -0.4 is 5.73 Å². The number of anilines is 1. The van der Waals surface area contributed by atoms with E-state index in [2.05, 4.69) is 18.2 Å². The van der Waals surface area contributed by atoms with Gasteiger partial charge < -0.3 is 5.73 Å². The summed E-state index contributed by atoms with van der Waals surface area (Å²) in [6, 6.07) is 24.5. The van der Waals surface area contributed by atoms with E-state index in [9.17, 15) is 0 Å². The number of nitrogens with zero attached hydrogens (tertiary/aromatic N) is 1. The Labute approximate surface area is 122 Å². The SMILES string of the molecule is Nc1c2ccccc2nc2cccc(-c3ccccc3)c12. The van der Waals surface area contributed by atoms with Crippen molar-refractivity contribution in [1.29, 1.82) is 0 Å². The van der Waals surface area contributed by atoms with Crippen LogP contribution in [0.3, 0.4) is 0 Å². The number of fused-ring (bicyclic) bond motifs is 2. The number of nitrogen functional groups attached to an aromatic ring is 1. The highest BCUT2D eigenvalue weighted by Crippen LogP contribution is 2.35. The fourth-order valence-corrected chi connectivity index (χ4v) is 2.84. The Morgan fingerprint density at radius 1 is 0.667 bits per heavy atom. The van der Waals surface area contributed by atoms with Crippen LogP contribution in [0.25, 0.3) is 32.9 Å². The van der Waals surface area contributed by atoms with Gasteiger partial charge in [0.25, 0.3) is 0 Å². The molecule has 0 atom stereocenters. The number of hydrogen-bond acceptors (Lipinski definition) is 2. The summed E-state index contributed by atoms with van der Waals surface area (Å²) in [5.41, 5.74) is 11.4. The van der Waals surface area contributed by atoms with Gasteiger partial charge >= 0.3 is 0 Å². The molecule has 2 N–H and O–H groups in total. The highest BCUT2D eigenvalue weighted by atomic mass is 14.7. The van der Waals surface area contributed by atoms with Crippen molar-refractivity contribution in [1.82, 2.24) is 4.98 Å². The standard InChI is InChI=1S/C19H14N2/c20-19-15-9-4-5-11-16(15)21-17-12-6-10-14(18(17)19)13-7-2-1-3-8-13/h1-12H,(H2,20,21). The largest absolute Gasteiger partial charge is 0.398 e. The number of rotatable bonds is 1. The zero-order valence-corrected chi connectivity index (χ0v) is 11.5. The Morgan fingerprint density at radius 2 is 1.38 bits per heavy atom. The maximum absolute atomic E-state index is 6.45. The summed E-state index contributed by atoms with van der Waals surface area (Å²) < 4.78 is 0. The predicted octanol–water partition coefficient (Wildman–Crippen LogP) is 4.64. The zero-order chi connectivity index (χ0) is 14.2. The minimum atomic E-state index is 0.801. The first-order valence-corrected chi connectivity index (χ1v) is 6.97. The Hall–Kier alpha value is -2.87. The number of nitrogens with two attached hydrogens (primary N) is 1. The molecule has 0 aliphatic rings. The van der Waals surface area contributed by atoms with Gasteiger partial charge in [0, 0.05) is 10.8 Å². The van der Waals surface area contributed by atoms with Gasteiger partial charge in [-0.15, -0.1) is 0 Å². The van der Waals surface area contributed by atoms with Crippen LogP contribution >= 0.6 is 0 Å². The lowest BCUT2D eigenvalue weighted by atomic mass is 9.98. The molecule has 100 valence electrons. The first-order valence-electron chi connectivity index (χ1n) is 6.97. The smallest absolute Gasteiger partial charge is 0.0736 e. The maximum Gasteiger partial charge on any atom is 0.0736 e. The third kappa shape index (κ3) is 1.84. The van der Waals surface area contributed by atoms with Crippen LogP contribution in [-0.2, 0) is 0 Å². The van der Waals surface area contributed by atoms with Crippen LogP contribution in [0, 0.1) is 0 Å². The first-order chi connectivity index (χ1) is 10.3. The zero-order valence-electron chi connectivity index (χ0n) is 11.5. The minimum absolute atomic E-state index is 0.801. The van der Waals surface area contributed by atoms with Gasteiger partial charge in [0.2, 0.25) is 0 Å². The van der Waals surface area contributed by atoms with Crippen LogP contribution in [0.15, 0.2) is 72.8 Å². The highest BCUT2D eigenvalue weighted by Gasteiger charge is 2.10. The molecule has 2 nitrogen and oxygen atoms in total. The Balaban J connectivity index is 2.16. The van der Waals surface area contributed by atoms with E-state index in [0.717, 1.165) is 38.6 Å². The number of benzene rings is 3. The second-order valence-corrected chi connectivity index (χ2v) is 5.11. The van der Waals surface area contributed by atoms with Gasteiger partial charge in [-0.3, -0.25) is 0 Å². The molecule has 4 rings (SSSR count). The van der Waals surface area contributed by atoms with Crippen molar-refractivity contribution in [3.05, 3.63) is 72.8 Å². The Kier molecular flexibility index (Phi) is 2.61. The second kappa shape index (κ2) is 4.60. The quantitative estimate of drug-likeness (QED) is 0.512. The Morgan fingerprint density at radius 3 is 2.24 bits per heavy atom. The van der Waals surface area contributed by atoms with Gasteiger partial charge in [0.15, 0.2) is 0 Å².